The third kappa shape index (κ3) is 4.81. The van der Waals surface area contributed by atoms with Gasteiger partial charge in [-0.3, -0.25) is 10.2 Å². The first-order chi connectivity index (χ1) is 7.22. The maximum absolute atomic E-state index is 11.1. The van der Waals surface area contributed by atoms with Crippen LogP contribution in [0, 0.1) is 5.41 Å². The van der Waals surface area contributed by atoms with Crippen LogP contribution in [0.2, 0.25) is 0 Å². The Morgan fingerprint density at radius 2 is 2.00 bits per heavy atom. The van der Waals surface area contributed by atoms with Crippen molar-refractivity contribution in [3.05, 3.63) is 0 Å². The Kier molecular flexibility index (Phi) is 5.15. The first kappa shape index (κ1) is 12.0. The van der Waals surface area contributed by atoms with Crippen molar-refractivity contribution in [2.45, 2.75) is 51.6 Å². The van der Waals surface area contributed by atoms with Crippen molar-refractivity contribution in [3.63, 3.8) is 0 Å². The van der Waals surface area contributed by atoms with Crippen LogP contribution in [-0.2, 0) is 14.3 Å². The molecule has 1 aliphatic rings. The number of esters is 1. The van der Waals surface area contributed by atoms with Crippen LogP contribution in [-0.4, -0.2) is 24.6 Å². The normalized spacial score (nSPS) is 17.1. The van der Waals surface area contributed by atoms with Crippen LogP contribution in [0.1, 0.15) is 45.4 Å². The van der Waals surface area contributed by atoms with Gasteiger partial charge >= 0.3 is 5.97 Å². The van der Waals surface area contributed by atoms with Crippen molar-refractivity contribution in [1.82, 2.24) is 0 Å². The van der Waals surface area contributed by atoms with Crippen LogP contribution < -0.4 is 0 Å². The molecule has 0 spiro atoms. The lowest BCUT2D eigenvalue weighted by Gasteiger charge is -2.22. The van der Waals surface area contributed by atoms with Gasteiger partial charge in [-0.2, -0.15) is 0 Å². The smallest absolute Gasteiger partial charge is 0.315 e. The van der Waals surface area contributed by atoms with E-state index in [2.05, 4.69) is 0 Å². The summed E-state index contributed by atoms with van der Waals surface area (Å²) < 4.78 is 10.1. The lowest BCUT2D eigenvalue weighted by atomic mass is 9.98. The van der Waals surface area contributed by atoms with E-state index in [1.54, 1.807) is 6.92 Å². The summed E-state index contributed by atoms with van der Waals surface area (Å²) in [5.74, 6) is -0.335. The summed E-state index contributed by atoms with van der Waals surface area (Å²) in [5, 5.41) is 7.51. The fourth-order valence-electron chi connectivity index (χ4n) is 1.77. The molecule has 1 N–H and O–H groups in total. The molecule has 4 nitrogen and oxygen atoms in total. The number of rotatable bonds is 4. The van der Waals surface area contributed by atoms with Gasteiger partial charge < -0.3 is 9.47 Å². The maximum atomic E-state index is 11.1. The van der Waals surface area contributed by atoms with Gasteiger partial charge in [0, 0.05) is 0 Å². The van der Waals surface area contributed by atoms with Crippen molar-refractivity contribution in [2.24, 2.45) is 0 Å². The molecule has 0 aromatic heterocycles. The zero-order chi connectivity index (χ0) is 11.1. The fraction of sp³-hybridized carbons (Fsp3) is 0.818. The summed E-state index contributed by atoms with van der Waals surface area (Å²) >= 11 is 0. The molecule has 0 amide bonds. The molecule has 0 saturated heterocycles. The predicted octanol–water partition coefficient (Wildman–Crippen LogP) is 2.27. The average Bonchev–Trinajstić information content (AvgIpc) is 2.19. The predicted molar refractivity (Wildman–Crippen MR) is 56.9 cm³/mol. The van der Waals surface area contributed by atoms with Crippen molar-refractivity contribution < 1.29 is 14.3 Å². The largest absolute Gasteiger partial charge is 0.477 e. The summed E-state index contributed by atoms with van der Waals surface area (Å²) in [5.41, 5.74) is 0. The van der Waals surface area contributed by atoms with Gasteiger partial charge in [-0.1, -0.05) is 6.42 Å². The highest BCUT2D eigenvalue weighted by Gasteiger charge is 2.17. The van der Waals surface area contributed by atoms with Crippen LogP contribution in [0.4, 0.5) is 0 Å². The maximum Gasteiger partial charge on any atom is 0.315 e. The fourth-order valence-corrected chi connectivity index (χ4v) is 1.77. The highest BCUT2D eigenvalue weighted by atomic mass is 16.5. The SMILES string of the molecule is CCOC(=O)CC(=N)OC1CCCCC1. The average molecular weight is 213 g/mol. The third-order valence-electron chi connectivity index (χ3n) is 2.47. The minimum Gasteiger partial charge on any atom is -0.477 e. The van der Waals surface area contributed by atoms with Gasteiger partial charge in [-0.05, 0) is 32.6 Å². The van der Waals surface area contributed by atoms with E-state index in [1.807, 2.05) is 0 Å². The highest BCUT2D eigenvalue weighted by molar-refractivity contribution is 5.92. The number of hydrogen-bond acceptors (Lipinski definition) is 4. The van der Waals surface area contributed by atoms with Crippen molar-refractivity contribution in [2.75, 3.05) is 6.61 Å². The molecule has 0 aromatic rings. The van der Waals surface area contributed by atoms with Gasteiger partial charge in [0.1, 0.15) is 12.5 Å². The Labute approximate surface area is 90.5 Å². The zero-order valence-electron chi connectivity index (χ0n) is 9.25. The van der Waals surface area contributed by atoms with Crippen molar-refractivity contribution in [1.29, 1.82) is 5.41 Å². The molecule has 4 heteroatoms. The van der Waals surface area contributed by atoms with Crippen molar-refractivity contribution >= 4 is 11.9 Å². The number of ether oxygens (including phenoxy) is 2. The molecule has 0 aromatic carbocycles. The summed E-state index contributed by atoms with van der Waals surface area (Å²) in [6.07, 6.45) is 5.70. The molecule has 1 saturated carbocycles. The van der Waals surface area contributed by atoms with E-state index in [9.17, 15) is 4.79 Å². The Balaban J connectivity index is 2.19. The van der Waals surface area contributed by atoms with Crippen LogP contribution in [0.3, 0.4) is 0 Å². The zero-order valence-corrected chi connectivity index (χ0v) is 9.25. The molecular weight excluding hydrogens is 194 g/mol. The topological polar surface area (TPSA) is 59.4 Å². The second kappa shape index (κ2) is 6.43. The second-order valence-electron chi connectivity index (χ2n) is 3.78. The van der Waals surface area contributed by atoms with E-state index in [0.29, 0.717) is 6.61 Å². The standard InChI is InChI=1S/C11H19NO3/c1-2-14-11(13)8-10(12)15-9-6-4-3-5-7-9/h9,12H,2-8H2,1H3. The number of carbonyl (C=O) groups is 1. The van der Waals surface area contributed by atoms with Gasteiger partial charge in [0.05, 0.1) is 6.61 Å². The van der Waals surface area contributed by atoms with E-state index in [4.69, 9.17) is 14.9 Å². The first-order valence-electron chi connectivity index (χ1n) is 5.62. The van der Waals surface area contributed by atoms with Gasteiger partial charge in [-0.25, -0.2) is 0 Å². The molecule has 1 aliphatic carbocycles. The molecule has 0 aliphatic heterocycles. The van der Waals surface area contributed by atoms with Gasteiger partial charge in [0.2, 0.25) is 0 Å². The number of hydrogen-bond donors (Lipinski definition) is 1. The first-order valence-corrected chi connectivity index (χ1v) is 5.62. The molecular formula is C11H19NO3. The molecule has 15 heavy (non-hydrogen) atoms. The Morgan fingerprint density at radius 1 is 1.33 bits per heavy atom. The number of nitrogens with one attached hydrogen (secondary N) is 1. The monoisotopic (exact) mass is 213 g/mol. The summed E-state index contributed by atoms with van der Waals surface area (Å²) in [4.78, 5) is 11.1. The molecule has 86 valence electrons. The van der Waals surface area contributed by atoms with Crippen LogP contribution in [0.15, 0.2) is 0 Å². The Bertz CT molecular complexity index is 222. The lowest BCUT2D eigenvalue weighted by molar-refractivity contribution is -0.141. The Hall–Kier alpha value is -1.06. The molecule has 0 unspecified atom stereocenters. The molecule has 1 rings (SSSR count). The van der Waals surface area contributed by atoms with E-state index >= 15 is 0 Å². The highest BCUT2D eigenvalue weighted by Crippen LogP contribution is 2.20. The van der Waals surface area contributed by atoms with E-state index in [-0.39, 0.29) is 24.4 Å². The summed E-state index contributed by atoms with van der Waals surface area (Å²) in [6, 6.07) is 0. The van der Waals surface area contributed by atoms with E-state index in [1.165, 1.54) is 6.42 Å². The third-order valence-corrected chi connectivity index (χ3v) is 2.47. The van der Waals surface area contributed by atoms with Gasteiger partial charge in [0.15, 0.2) is 5.90 Å². The minimum atomic E-state index is -0.377. The lowest BCUT2D eigenvalue weighted by Crippen LogP contribution is -2.22. The van der Waals surface area contributed by atoms with E-state index in [0.717, 1.165) is 25.7 Å². The molecule has 0 bridgehead atoms. The molecule has 0 heterocycles. The van der Waals surface area contributed by atoms with Gasteiger partial charge in [-0.15, -0.1) is 0 Å². The van der Waals surface area contributed by atoms with Crippen LogP contribution in [0.25, 0.3) is 0 Å². The van der Waals surface area contributed by atoms with Crippen LogP contribution in [0.5, 0.6) is 0 Å². The van der Waals surface area contributed by atoms with E-state index < -0.39 is 0 Å². The van der Waals surface area contributed by atoms with Crippen LogP contribution >= 0.6 is 0 Å². The quantitative estimate of drug-likeness (QED) is 0.442. The minimum absolute atomic E-state index is 0.0374. The molecule has 1 fully saturated rings. The second-order valence-corrected chi connectivity index (χ2v) is 3.78. The van der Waals surface area contributed by atoms with Gasteiger partial charge in [0.25, 0.3) is 0 Å². The Morgan fingerprint density at radius 3 is 2.60 bits per heavy atom. The van der Waals surface area contributed by atoms with Crippen molar-refractivity contribution in [3.8, 4) is 0 Å². The molecule has 0 atom stereocenters. The summed E-state index contributed by atoms with van der Waals surface area (Å²) in [7, 11) is 0. The summed E-state index contributed by atoms with van der Waals surface area (Å²) in [6.45, 7) is 2.11. The number of carbonyl (C=O) groups excluding carboxylic acids is 1. The molecule has 0 radical (unpaired) electrons.